The minimum Gasteiger partial charge on any atom is -0.369 e. The topological polar surface area (TPSA) is 103 Å². The summed E-state index contributed by atoms with van der Waals surface area (Å²) in [5.74, 6) is -0.415. The second kappa shape index (κ2) is 4.30. The lowest BCUT2D eigenvalue weighted by atomic mass is 10.1. The van der Waals surface area contributed by atoms with E-state index in [1.807, 2.05) is 0 Å². The average Bonchev–Trinajstić information content (AvgIpc) is 2.65. The molecule has 0 saturated carbocycles. The Bertz CT molecular complexity index is 696. The molecule has 0 aromatic carbocycles. The number of nitrogens with two attached hydrogens (primary N) is 1. The molecule has 1 saturated heterocycles. The molecule has 1 fully saturated rings. The van der Waals surface area contributed by atoms with Crippen molar-refractivity contribution < 1.29 is 9.59 Å². The molecule has 2 amide bonds. The van der Waals surface area contributed by atoms with E-state index in [9.17, 15) is 9.59 Å². The predicted octanol–water partition coefficient (Wildman–Crippen LogP) is 0.754. The monoisotopic (exact) mass is 323 g/mol. The lowest BCUT2D eigenvalue weighted by molar-refractivity contribution is -0.135. The Morgan fingerprint density at radius 2 is 2.26 bits per heavy atom. The van der Waals surface area contributed by atoms with Crippen LogP contribution in [0.5, 0.6) is 0 Å². The number of nitrogens with one attached hydrogen (secondary N) is 1. The van der Waals surface area contributed by atoms with Gasteiger partial charge in [-0.1, -0.05) is 0 Å². The quantitative estimate of drug-likeness (QED) is 0.754. The number of aromatic nitrogens is 3. The Morgan fingerprint density at radius 1 is 1.47 bits per heavy atom. The van der Waals surface area contributed by atoms with Crippen LogP contribution >= 0.6 is 15.9 Å². The van der Waals surface area contributed by atoms with Crippen molar-refractivity contribution in [2.24, 2.45) is 0 Å². The number of fused-ring (bicyclic) bond motifs is 1. The summed E-state index contributed by atoms with van der Waals surface area (Å²) in [6, 6.07) is 1.23. The van der Waals surface area contributed by atoms with E-state index in [-0.39, 0.29) is 24.2 Å². The molecule has 2 aromatic heterocycles. The number of hydrogen-bond acceptors (Lipinski definition) is 5. The second-order valence-electron chi connectivity index (χ2n) is 4.30. The minimum absolute atomic E-state index is 0.218. The number of nitrogen functional groups attached to an aromatic ring is 1. The highest BCUT2D eigenvalue weighted by molar-refractivity contribution is 9.10. The molecule has 0 bridgehead atoms. The number of carbonyl (C=O) groups excluding carboxylic acids is 2. The molecule has 0 radical (unpaired) electrons. The average molecular weight is 324 g/mol. The first-order chi connectivity index (χ1) is 9.06. The van der Waals surface area contributed by atoms with Crippen LogP contribution < -0.4 is 11.1 Å². The standard InChI is InChI=1S/C11H10BrN5O2/c12-5-3-6-9(14-4-5)17(11(13)15-6)7-1-2-8(18)16-10(7)19/h3-4,7H,1-2H2,(H2,13,15)(H,16,18,19). The molecule has 8 heteroatoms. The van der Waals surface area contributed by atoms with E-state index in [0.717, 1.165) is 4.47 Å². The molecule has 1 aliphatic rings. The number of nitrogens with zero attached hydrogens (tertiary/aromatic N) is 3. The molecule has 19 heavy (non-hydrogen) atoms. The maximum atomic E-state index is 11.9. The van der Waals surface area contributed by atoms with Crippen molar-refractivity contribution in [2.75, 3.05) is 5.73 Å². The van der Waals surface area contributed by atoms with E-state index in [2.05, 4.69) is 31.2 Å². The van der Waals surface area contributed by atoms with E-state index >= 15 is 0 Å². The lowest BCUT2D eigenvalue weighted by Gasteiger charge is -2.22. The van der Waals surface area contributed by atoms with Crippen LogP contribution in [-0.2, 0) is 9.59 Å². The number of imide groups is 1. The number of piperidine rings is 1. The van der Waals surface area contributed by atoms with Gasteiger partial charge in [-0.15, -0.1) is 0 Å². The van der Waals surface area contributed by atoms with Crippen LogP contribution in [0.4, 0.5) is 5.95 Å². The smallest absolute Gasteiger partial charge is 0.249 e. The summed E-state index contributed by atoms with van der Waals surface area (Å²) < 4.78 is 2.36. The van der Waals surface area contributed by atoms with Crippen LogP contribution in [0.3, 0.4) is 0 Å². The van der Waals surface area contributed by atoms with Crippen molar-refractivity contribution in [3.8, 4) is 0 Å². The molecular weight excluding hydrogens is 314 g/mol. The van der Waals surface area contributed by atoms with Gasteiger partial charge < -0.3 is 5.73 Å². The van der Waals surface area contributed by atoms with Gasteiger partial charge in [0.2, 0.25) is 17.8 Å². The summed E-state index contributed by atoms with van der Waals surface area (Å²) in [6.45, 7) is 0. The SMILES string of the molecule is Nc1nc2cc(Br)cnc2n1C1CCC(=O)NC1=O. The van der Waals surface area contributed by atoms with Gasteiger partial charge in [0.25, 0.3) is 0 Å². The number of anilines is 1. The molecule has 98 valence electrons. The van der Waals surface area contributed by atoms with Crippen LogP contribution in [-0.4, -0.2) is 26.3 Å². The third kappa shape index (κ3) is 1.97. The van der Waals surface area contributed by atoms with Crippen molar-refractivity contribution >= 4 is 44.9 Å². The highest BCUT2D eigenvalue weighted by Crippen LogP contribution is 2.27. The van der Waals surface area contributed by atoms with Gasteiger partial charge in [-0.2, -0.15) is 0 Å². The Morgan fingerprint density at radius 3 is 3.00 bits per heavy atom. The zero-order chi connectivity index (χ0) is 13.6. The van der Waals surface area contributed by atoms with Crippen LogP contribution in [0.15, 0.2) is 16.7 Å². The molecule has 3 N–H and O–H groups in total. The maximum Gasteiger partial charge on any atom is 0.249 e. The van der Waals surface area contributed by atoms with Gasteiger partial charge in [0.1, 0.15) is 11.6 Å². The van der Waals surface area contributed by atoms with E-state index in [0.29, 0.717) is 17.6 Å². The van der Waals surface area contributed by atoms with Gasteiger partial charge in [0, 0.05) is 17.1 Å². The summed E-state index contributed by atoms with van der Waals surface area (Å²) in [6.07, 6.45) is 2.30. The number of halogens is 1. The third-order valence-electron chi connectivity index (χ3n) is 3.05. The molecule has 1 aliphatic heterocycles. The molecule has 0 spiro atoms. The molecule has 2 aromatic rings. The lowest BCUT2D eigenvalue weighted by Crippen LogP contribution is -2.42. The van der Waals surface area contributed by atoms with Gasteiger partial charge in [-0.25, -0.2) is 9.97 Å². The first-order valence-corrected chi connectivity index (χ1v) is 6.48. The van der Waals surface area contributed by atoms with Crippen LogP contribution in [0.1, 0.15) is 18.9 Å². The molecular formula is C11H10BrN5O2. The Kier molecular flexibility index (Phi) is 2.74. The fraction of sp³-hybridized carbons (Fsp3) is 0.273. The number of pyridine rings is 1. The maximum absolute atomic E-state index is 11.9. The van der Waals surface area contributed by atoms with Crippen molar-refractivity contribution in [3.63, 3.8) is 0 Å². The predicted molar refractivity (Wildman–Crippen MR) is 71.1 cm³/mol. The van der Waals surface area contributed by atoms with Crippen LogP contribution in [0, 0.1) is 0 Å². The Labute approximate surface area is 116 Å². The van der Waals surface area contributed by atoms with Gasteiger partial charge in [-0.3, -0.25) is 19.5 Å². The molecule has 1 atom stereocenters. The Hall–Kier alpha value is -1.96. The van der Waals surface area contributed by atoms with Crippen molar-refractivity contribution in [1.82, 2.24) is 19.9 Å². The summed E-state index contributed by atoms with van der Waals surface area (Å²) >= 11 is 3.31. The number of rotatable bonds is 1. The molecule has 3 rings (SSSR count). The van der Waals surface area contributed by atoms with Gasteiger partial charge in [0.05, 0.1) is 0 Å². The van der Waals surface area contributed by atoms with Crippen molar-refractivity contribution in [2.45, 2.75) is 18.9 Å². The Balaban J connectivity index is 2.12. The molecule has 3 heterocycles. The normalized spacial score (nSPS) is 19.7. The summed E-state index contributed by atoms with van der Waals surface area (Å²) in [5, 5.41) is 2.30. The van der Waals surface area contributed by atoms with E-state index in [4.69, 9.17) is 5.73 Å². The summed E-state index contributed by atoms with van der Waals surface area (Å²) in [5.41, 5.74) is 7.01. The first-order valence-electron chi connectivity index (χ1n) is 5.69. The largest absolute Gasteiger partial charge is 0.369 e. The zero-order valence-electron chi connectivity index (χ0n) is 9.76. The number of carbonyl (C=O) groups is 2. The van der Waals surface area contributed by atoms with Crippen molar-refractivity contribution in [1.29, 1.82) is 0 Å². The minimum atomic E-state index is -0.545. The zero-order valence-corrected chi connectivity index (χ0v) is 11.3. The summed E-state index contributed by atoms with van der Waals surface area (Å²) in [4.78, 5) is 31.5. The second-order valence-corrected chi connectivity index (χ2v) is 5.22. The van der Waals surface area contributed by atoms with Crippen LogP contribution in [0.2, 0.25) is 0 Å². The number of hydrogen-bond donors (Lipinski definition) is 2. The van der Waals surface area contributed by atoms with E-state index < -0.39 is 6.04 Å². The molecule has 7 nitrogen and oxygen atoms in total. The van der Waals surface area contributed by atoms with Crippen molar-refractivity contribution in [3.05, 3.63) is 16.7 Å². The highest BCUT2D eigenvalue weighted by Gasteiger charge is 2.31. The van der Waals surface area contributed by atoms with E-state index in [1.54, 1.807) is 16.8 Å². The van der Waals surface area contributed by atoms with E-state index in [1.165, 1.54) is 0 Å². The van der Waals surface area contributed by atoms with Crippen LogP contribution in [0.25, 0.3) is 11.2 Å². The fourth-order valence-corrected chi connectivity index (χ4v) is 2.53. The van der Waals surface area contributed by atoms with Gasteiger partial charge >= 0.3 is 0 Å². The number of imidazole rings is 1. The molecule has 0 aliphatic carbocycles. The third-order valence-corrected chi connectivity index (χ3v) is 3.48. The number of amides is 2. The highest BCUT2D eigenvalue weighted by atomic mass is 79.9. The fourth-order valence-electron chi connectivity index (χ4n) is 2.21. The molecule has 1 unspecified atom stereocenters. The van der Waals surface area contributed by atoms with Gasteiger partial charge in [-0.05, 0) is 28.4 Å². The van der Waals surface area contributed by atoms with Gasteiger partial charge in [0.15, 0.2) is 5.65 Å². The first kappa shape index (κ1) is 12.1. The summed E-state index contributed by atoms with van der Waals surface area (Å²) in [7, 11) is 0.